The second-order valence-corrected chi connectivity index (χ2v) is 3.54. The number of carbonyl (C=O) groups excluding carboxylic acids is 1. The minimum absolute atomic E-state index is 0.292. The van der Waals surface area contributed by atoms with Gasteiger partial charge < -0.3 is 15.8 Å². The Morgan fingerprint density at radius 1 is 1.33 bits per heavy atom. The number of aromatic nitrogens is 2. The van der Waals surface area contributed by atoms with Gasteiger partial charge in [0.25, 0.3) is 5.91 Å². The molecule has 2 aromatic rings. The van der Waals surface area contributed by atoms with Gasteiger partial charge in [0.1, 0.15) is 12.1 Å². The van der Waals surface area contributed by atoms with Gasteiger partial charge in [0.05, 0.1) is 18.4 Å². The zero-order valence-corrected chi connectivity index (χ0v) is 9.75. The Morgan fingerprint density at radius 2 is 2.06 bits per heavy atom. The second-order valence-electron chi connectivity index (χ2n) is 3.54. The van der Waals surface area contributed by atoms with Gasteiger partial charge in [0, 0.05) is 18.1 Å². The van der Waals surface area contributed by atoms with Crippen molar-refractivity contribution >= 4 is 17.3 Å². The number of hydrogen-bond acceptors (Lipinski definition) is 5. The molecule has 0 saturated heterocycles. The summed E-state index contributed by atoms with van der Waals surface area (Å²) in [6, 6.07) is 5.02. The Kier molecular flexibility index (Phi) is 3.38. The van der Waals surface area contributed by atoms with E-state index in [1.54, 1.807) is 18.2 Å². The highest BCUT2D eigenvalue weighted by Crippen LogP contribution is 2.24. The number of hydrogen-bond donors (Lipinski definition) is 2. The van der Waals surface area contributed by atoms with Crippen LogP contribution >= 0.6 is 0 Å². The van der Waals surface area contributed by atoms with Crippen molar-refractivity contribution in [3.63, 3.8) is 0 Å². The summed E-state index contributed by atoms with van der Waals surface area (Å²) >= 11 is 0. The van der Waals surface area contributed by atoms with Gasteiger partial charge in [-0.1, -0.05) is 0 Å². The number of nitrogens with one attached hydrogen (secondary N) is 1. The fourth-order valence-electron chi connectivity index (χ4n) is 1.43. The number of ether oxygens (including phenoxy) is 1. The number of carbonyl (C=O) groups is 1. The van der Waals surface area contributed by atoms with Crippen LogP contribution in [-0.2, 0) is 0 Å². The molecule has 1 amide bonds. The number of rotatable bonds is 3. The number of nitrogen functional groups attached to an aromatic ring is 1. The Hall–Kier alpha value is -2.63. The van der Waals surface area contributed by atoms with Crippen LogP contribution in [0.2, 0.25) is 0 Å². The Balaban J connectivity index is 2.15. The van der Waals surface area contributed by atoms with E-state index in [0.29, 0.717) is 22.7 Å². The molecule has 92 valence electrons. The van der Waals surface area contributed by atoms with Gasteiger partial charge in [-0.3, -0.25) is 4.79 Å². The molecule has 0 unspecified atom stereocenters. The fourth-order valence-corrected chi connectivity index (χ4v) is 1.43. The third-order valence-corrected chi connectivity index (χ3v) is 2.31. The summed E-state index contributed by atoms with van der Waals surface area (Å²) in [5.74, 6) is 0.274. The molecule has 0 aliphatic carbocycles. The highest BCUT2D eigenvalue weighted by atomic mass is 16.5. The number of nitrogens with two attached hydrogens (primary N) is 1. The molecule has 18 heavy (non-hydrogen) atoms. The summed E-state index contributed by atoms with van der Waals surface area (Å²) in [5.41, 5.74) is 7.17. The van der Waals surface area contributed by atoms with Gasteiger partial charge in [-0.2, -0.15) is 0 Å². The van der Waals surface area contributed by atoms with Gasteiger partial charge in [-0.25, -0.2) is 9.97 Å². The van der Waals surface area contributed by atoms with Gasteiger partial charge >= 0.3 is 0 Å². The van der Waals surface area contributed by atoms with Gasteiger partial charge in [-0.15, -0.1) is 0 Å². The minimum Gasteiger partial charge on any atom is -0.495 e. The molecule has 0 saturated carbocycles. The zero-order chi connectivity index (χ0) is 13.0. The van der Waals surface area contributed by atoms with Crippen LogP contribution in [0.15, 0.2) is 36.9 Å². The normalized spacial score (nSPS) is 9.83. The standard InChI is InChI=1S/C12H12N4O2/c1-18-11-3-2-9(4-10(11)13)16-12(17)8-5-14-7-15-6-8/h2-7H,13H2,1H3,(H,16,17). The van der Waals surface area contributed by atoms with Crippen molar-refractivity contribution in [2.45, 2.75) is 0 Å². The quantitative estimate of drug-likeness (QED) is 0.795. The number of benzene rings is 1. The first-order valence-electron chi connectivity index (χ1n) is 5.20. The van der Waals surface area contributed by atoms with E-state index < -0.39 is 0 Å². The number of nitrogens with zero attached hydrogens (tertiary/aromatic N) is 2. The third kappa shape index (κ3) is 2.54. The van der Waals surface area contributed by atoms with E-state index in [2.05, 4.69) is 15.3 Å². The predicted molar refractivity (Wildman–Crippen MR) is 67.4 cm³/mol. The van der Waals surface area contributed by atoms with E-state index in [4.69, 9.17) is 10.5 Å². The summed E-state index contributed by atoms with van der Waals surface area (Å²) in [6.45, 7) is 0. The van der Waals surface area contributed by atoms with Crippen LogP contribution in [-0.4, -0.2) is 23.0 Å². The monoisotopic (exact) mass is 244 g/mol. The molecule has 1 heterocycles. The van der Waals surface area contributed by atoms with Crippen LogP contribution in [0.25, 0.3) is 0 Å². The molecule has 0 aliphatic heterocycles. The summed E-state index contributed by atoms with van der Waals surface area (Å²) in [4.78, 5) is 19.4. The minimum atomic E-state index is -0.292. The highest BCUT2D eigenvalue weighted by molar-refractivity contribution is 6.04. The lowest BCUT2D eigenvalue weighted by Gasteiger charge is -2.08. The largest absolute Gasteiger partial charge is 0.495 e. The Labute approximate surface area is 104 Å². The maximum absolute atomic E-state index is 11.8. The molecule has 2 rings (SSSR count). The average molecular weight is 244 g/mol. The van der Waals surface area contributed by atoms with Crippen LogP contribution in [0.1, 0.15) is 10.4 Å². The van der Waals surface area contributed by atoms with E-state index in [0.717, 1.165) is 0 Å². The van der Waals surface area contributed by atoms with Crippen molar-refractivity contribution in [2.24, 2.45) is 0 Å². The molecule has 0 fully saturated rings. The van der Waals surface area contributed by atoms with Gasteiger partial charge in [0.2, 0.25) is 0 Å². The maximum Gasteiger partial charge on any atom is 0.258 e. The number of methoxy groups -OCH3 is 1. The zero-order valence-electron chi connectivity index (χ0n) is 9.75. The molecule has 0 bridgehead atoms. The summed E-state index contributed by atoms with van der Waals surface area (Å²) in [5, 5.41) is 2.70. The van der Waals surface area contributed by atoms with Crippen molar-refractivity contribution in [2.75, 3.05) is 18.2 Å². The smallest absolute Gasteiger partial charge is 0.258 e. The van der Waals surface area contributed by atoms with Crippen molar-refractivity contribution in [1.82, 2.24) is 9.97 Å². The lowest BCUT2D eigenvalue weighted by molar-refractivity contribution is 0.102. The Morgan fingerprint density at radius 3 is 2.67 bits per heavy atom. The van der Waals surface area contributed by atoms with E-state index >= 15 is 0 Å². The summed E-state index contributed by atoms with van der Waals surface area (Å²) < 4.78 is 5.03. The molecular weight excluding hydrogens is 232 g/mol. The SMILES string of the molecule is COc1ccc(NC(=O)c2cncnc2)cc1N. The summed E-state index contributed by atoms with van der Waals surface area (Å²) in [6.07, 6.45) is 4.24. The topological polar surface area (TPSA) is 90.1 Å². The molecule has 0 spiro atoms. The van der Waals surface area contributed by atoms with E-state index in [1.807, 2.05) is 0 Å². The summed E-state index contributed by atoms with van der Waals surface area (Å²) in [7, 11) is 1.53. The van der Waals surface area contributed by atoms with Crippen molar-refractivity contribution < 1.29 is 9.53 Å². The molecule has 3 N–H and O–H groups in total. The van der Waals surface area contributed by atoms with Crippen LogP contribution in [0, 0.1) is 0 Å². The van der Waals surface area contributed by atoms with E-state index in [-0.39, 0.29) is 5.91 Å². The first kappa shape index (κ1) is 11.8. The van der Waals surface area contributed by atoms with Crippen LogP contribution in [0.3, 0.4) is 0 Å². The second kappa shape index (κ2) is 5.13. The maximum atomic E-state index is 11.8. The van der Waals surface area contributed by atoms with Crippen LogP contribution < -0.4 is 15.8 Å². The lowest BCUT2D eigenvalue weighted by Crippen LogP contribution is -2.12. The van der Waals surface area contributed by atoms with Crippen molar-refractivity contribution in [3.05, 3.63) is 42.5 Å². The molecule has 0 aliphatic rings. The molecule has 0 radical (unpaired) electrons. The lowest BCUT2D eigenvalue weighted by atomic mass is 10.2. The van der Waals surface area contributed by atoms with Crippen molar-refractivity contribution in [3.8, 4) is 5.75 Å². The number of anilines is 2. The van der Waals surface area contributed by atoms with Crippen LogP contribution in [0.5, 0.6) is 5.75 Å². The molecule has 1 aromatic heterocycles. The molecule has 6 heteroatoms. The first-order chi connectivity index (χ1) is 8.70. The van der Waals surface area contributed by atoms with Gasteiger partial charge in [0.15, 0.2) is 0 Å². The average Bonchev–Trinajstić information content (AvgIpc) is 2.40. The van der Waals surface area contributed by atoms with E-state index in [9.17, 15) is 4.79 Å². The first-order valence-corrected chi connectivity index (χ1v) is 5.20. The van der Waals surface area contributed by atoms with Crippen molar-refractivity contribution in [1.29, 1.82) is 0 Å². The van der Waals surface area contributed by atoms with E-state index in [1.165, 1.54) is 25.8 Å². The number of amides is 1. The molecular formula is C12H12N4O2. The molecule has 0 atom stereocenters. The Bertz CT molecular complexity index is 557. The highest BCUT2D eigenvalue weighted by Gasteiger charge is 2.07. The third-order valence-electron chi connectivity index (χ3n) is 2.31. The van der Waals surface area contributed by atoms with Gasteiger partial charge in [-0.05, 0) is 18.2 Å². The molecule has 1 aromatic carbocycles. The molecule has 6 nitrogen and oxygen atoms in total. The fraction of sp³-hybridized carbons (Fsp3) is 0.0833. The van der Waals surface area contributed by atoms with Crippen LogP contribution in [0.4, 0.5) is 11.4 Å². The predicted octanol–water partition coefficient (Wildman–Crippen LogP) is 1.32.